The van der Waals surface area contributed by atoms with E-state index in [9.17, 15) is 18.0 Å². The third kappa shape index (κ3) is 4.34. The Morgan fingerprint density at radius 1 is 1.06 bits per heavy atom. The van der Waals surface area contributed by atoms with E-state index in [1.54, 1.807) is 35.0 Å². The van der Waals surface area contributed by atoms with Crippen molar-refractivity contribution in [3.8, 4) is 17.1 Å². The minimum atomic E-state index is -4.40. The zero-order valence-corrected chi connectivity index (χ0v) is 18.1. The summed E-state index contributed by atoms with van der Waals surface area (Å²) in [4.78, 5) is 22.5. The fourth-order valence-corrected chi connectivity index (χ4v) is 4.25. The molecular weight excluding hydrogens is 443 g/mol. The van der Waals surface area contributed by atoms with Gasteiger partial charge in [-0.15, -0.1) is 0 Å². The monoisotopic (exact) mass is 465 g/mol. The van der Waals surface area contributed by atoms with Crippen LogP contribution in [0.3, 0.4) is 0 Å². The van der Waals surface area contributed by atoms with Crippen molar-refractivity contribution in [1.29, 1.82) is 0 Å². The van der Waals surface area contributed by atoms with E-state index in [0.717, 1.165) is 29.1 Å². The Morgan fingerprint density at radius 3 is 2.62 bits per heavy atom. The van der Waals surface area contributed by atoms with Gasteiger partial charge in [0.05, 0.1) is 16.8 Å². The molecule has 1 aliphatic rings. The number of benzene rings is 2. The summed E-state index contributed by atoms with van der Waals surface area (Å²) in [6.45, 7) is 1.58. The number of anilines is 1. The average Bonchev–Trinajstić information content (AvgIpc) is 3.27. The number of alkyl halides is 3. The Balaban J connectivity index is 1.37. The summed E-state index contributed by atoms with van der Waals surface area (Å²) in [5.74, 6) is 0.510. The molecule has 0 amide bonds. The van der Waals surface area contributed by atoms with E-state index in [4.69, 9.17) is 5.73 Å². The van der Waals surface area contributed by atoms with Crippen molar-refractivity contribution in [2.75, 3.05) is 12.3 Å². The molecule has 0 aliphatic carbocycles. The molecule has 0 unspecified atom stereocenters. The van der Waals surface area contributed by atoms with Gasteiger partial charge in [0.1, 0.15) is 5.82 Å². The highest BCUT2D eigenvalue weighted by Crippen LogP contribution is 2.31. The molecule has 174 valence electrons. The number of hydrogen-bond donors (Lipinski definition) is 2. The molecule has 2 aromatic carbocycles. The first kappa shape index (κ1) is 22.0. The van der Waals surface area contributed by atoms with Crippen molar-refractivity contribution in [2.24, 2.45) is 0 Å². The topological polar surface area (TPSA) is 79.9 Å². The predicted octanol–water partition coefficient (Wildman–Crippen LogP) is 4.39. The van der Waals surface area contributed by atoms with Crippen LogP contribution in [0.2, 0.25) is 0 Å². The Bertz CT molecular complexity index is 1390. The van der Waals surface area contributed by atoms with E-state index < -0.39 is 11.7 Å². The lowest BCUT2D eigenvalue weighted by Gasteiger charge is -2.28. The zero-order valence-electron chi connectivity index (χ0n) is 18.1. The zero-order chi connectivity index (χ0) is 23.9. The fraction of sp³-hybridized carbons (Fsp3) is 0.200. The molecular formula is C25H22F3N5O. The molecule has 0 saturated carbocycles. The molecule has 34 heavy (non-hydrogen) atoms. The van der Waals surface area contributed by atoms with E-state index in [2.05, 4.69) is 14.9 Å². The fourth-order valence-electron chi connectivity index (χ4n) is 4.25. The molecule has 2 aromatic heterocycles. The Kier molecular flexibility index (Phi) is 5.49. The standard InChI is InChI=1S/C25H22F3N5O/c26-25(27,28)17-3-1-4-19(13-17)33-11-2-5-20(33)14-32-12-10-22-21(15-32)24(34)31-23(30-22)16-6-8-18(29)9-7-16/h1-9,11,13H,10,12,14-15,29H2,(H,30,31,34). The van der Waals surface area contributed by atoms with Crippen LogP contribution in [0.5, 0.6) is 0 Å². The highest BCUT2D eigenvalue weighted by Gasteiger charge is 2.30. The Hall–Kier alpha value is -3.85. The molecule has 3 N–H and O–H groups in total. The number of nitrogens with one attached hydrogen (secondary N) is 1. The Labute approximate surface area is 193 Å². The van der Waals surface area contributed by atoms with Crippen LogP contribution in [-0.4, -0.2) is 26.0 Å². The van der Waals surface area contributed by atoms with Crippen molar-refractivity contribution in [1.82, 2.24) is 19.4 Å². The van der Waals surface area contributed by atoms with Gasteiger partial charge in [0, 0.05) is 54.9 Å². The predicted molar refractivity (Wildman–Crippen MR) is 123 cm³/mol. The number of hydrogen-bond acceptors (Lipinski definition) is 4. The van der Waals surface area contributed by atoms with E-state index in [-0.39, 0.29) is 5.56 Å². The van der Waals surface area contributed by atoms with Gasteiger partial charge >= 0.3 is 6.18 Å². The molecule has 0 fully saturated rings. The number of aromatic amines is 1. The maximum Gasteiger partial charge on any atom is 0.416 e. The van der Waals surface area contributed by atoms with Gasteiger partial charge in [-0.1, -0.05) is 6.07 Å². The third-order valence-electron chi connectivity index (χ3n) is 6.00. The van der Waals surface area contributed by atoms with Gasteiger partial charge in [0.15, 0.2) is 0 Å². The van der Waals surface area contributed by atoms with Crippen LogP contribution < -0.4 is 11.3 Å². The van der Waals surface area contributed by atoms with Crippen LogP contribution in [0.25, 0.3) is 17.1 Å². The van der Waals surface area contributed by atoms with Gasteiger partial charge in [-0.3, -0.25) is 9.69 Å². The summed E-state index contributed by atoms with van der Waals surface area (Å²) in [5, 5.41) is 0. The highest BCUT2D eigenvalue weighted by molar-refractivity contribution is 5.58. The summed E-state index contributed by atoms with van der Waals surface area (Å²) in [5.41, 5.74) is 8.95. The second-order valence-electron chi connectivity index (χ2n) is 8.34. The maximum atomic E-state index is 13.2. The first-order valence-corrected chi connectivity index (χ1v) is 10.8. The number of rotatable bonds is 4. The minimum Gasteiger partial charge on any atom is -0.399 e. The van der Waals surface area contributed by atoms with Crippen LogP contribution in [0.15, 0.2) is 71.7 Å². The van der Waals surface area contributed by atoms with Crippen molar-refractivity contribution in [3.05, 3.63) is 99.7 Å². The molecule has 0 radical (unpaired) electrons. The molecule has 0 atom stereocenters. The molecule has 4 aromatic rings. The van der Waals surface area contributed by atoms with Gasteiger partial charge < -0.3 is 15.3 Å². The van der Waals surface area contributed by atoms with Gasteiger partial charge in [-0.2, -0.15) is 13.2 Å². The normalized spacial score (nSPS) is 14.2. The maximum absolute atomic E-state index is 13.2. The van der Waals surface area contributed by atoms with Crippen molar-refractivity contribution in [3.63, 3.8) is 0 Å². The second-order valence-corrected chi connectivity index (χ2v) is 8.34. The average molecular weight is 465 g/mol. The van der Waals surface area contributed by atoms with Crippen molar-refractivity contribution >= 4 is 5.69 Å². The van der Waals surface area contributed by atoms with Crippen LogP contribution in [-0.2, 0) is 25.7 Å². The van der Waals surface area contributed by atoms with Gasteiger partial charge in [0.25, 0.3) is 5.56 Å². The minimum absolute atomic E-state index is 0.185. The van der Waals surface area contributed by atoms with Gasteiger partial charge in [-0.25, -0.2) is 4.98 Å². The summed E-state index contributed by atoms with van der Waals surface area (Å²) < 4.78 is 41.2. The molecule has 9 heteroatoms. The molecule has 0 spiro atoms. The lowest BCUT2D eigenvalue weighted by Crippen LogP contribution is -2.35. The molecule has 6 nitrogen and oxygen atoms in total. The van der Waals surface area contributed by atoms with Crippen LogP contribution >= 0.6 is 0 Å². The van der Waals surface area contributed by atoms with Crippen molar-refractivity contribution in [2.45, 2.75) is 25.7 Å². The van der Waals surface area contributed by atoms with E-state index >= 15 is 0 Å². The van der Waals surface area contributed by atoms with E-state index in [1.807, 2.05) is 18.2 Å². The third-order valence-corrected chi connectivity index (χ3v) is 6.00. The second kappa shape index (κ2) is 8.49. The van der Waals surface area contributed by atoms with E-state index in [1.165, 1.54) is 6.07 Å². The van der Waals surface area contributed by atoms with Gasteiger partial charge in [0.2, 0.25) is 0 Å². The number of halogens is 3. The summed E-state index contributed by atoms with van der Waals surface area (Å²) in [7, 11) is 0. The number of fused-ring (bicyclic) bond motifs is 1. The van der Waals surface area contributed by atoms with Crippen molar-refractivity contribution < 1.29 is 13.2 Å². The SMILES string of the molecule is Nc1ccc(-c2nc3c(c(=O)[nH]2)CN(Cc2cccn2-c2cccc(C(F)(F)F)c2)CC3)cc1. The summed E-state index contributed by atoms with van der Waals surface area (Å²) in [6, 6.07) is 16.1. The van der Waals surface area contributed by atoms with Crippen LogP contribution in [0, 0.1) is 0 Å². The van der Waals surface area contributed by atoms with Gasteiger partial charge in [-0.05, 0) is 54.6 Å². The van der Waals surface area contributed by atoms with Crippen LogP contribution in [0.4, 0.5) is 18.9 Å². The lowest BCUT2D eigenvalue weighted by molar-refractivity contribution is -0.137. The number of aromatic nitrogens is 3. The molecule has 0 bridgehead atoms. The summed E-state index contributed by atoms with van der Waals surface area (Å²) in [6.07, 6.45) is -2.05. The number of H-pyrrole nitrogens is 1. The number of nitrogen functional groups attached to an aromatic ring is 1. The number of nitrogens with zero attached hydrogens (tertiary/aromatic N) is 3. The van der Waals surface area contributed by atoms with Crippen LogP contribution in [0.1, 0.15) is 22.5 Å². The first-order chi connectivity index (χ1) is 16.3. The number of nitrogens with two attached hydrogens (primary N) is 1. The quantitative estimate of drug-likeness (QED) is 0.438. The van der Waals surface area contributed by atoms with E-state index in [0.29, 0.717) is 48.8 Å². The molecule has 0 saturated heterocycles. The highest BCUT2D eigenvalue weighted by atomic mass is 19.4. The molecule has 1 aliphatic heterocycles. The Morgan fingerprint density at radius 2 is 1.85 bits per heavy atom. The smallest absolute Gasteiger partial charge is 0.399 e. The molecule has 5 rings (SSSR count). The lowest BCUT2D eigenvalue weighted by atomic mass is 10.1. The first-order valence-electron chi connectivity index (χ1n) is 10.8. The molecule has 3 heterocycles. The largest absolute Gasteiger partial charge is 0.416 e. The summed E-state index contributed by atoms with van der Waals surface area (Å²) >= 11 is 0.